The van der Waals surface area contributed by atoms with Crippen molar-refractivity contribution in [2.24, 2.45) is 0 Å². The summed E-state index contributed by atoms with van der Waals surface area (Å²) in [6.07, 6.45) is 2.08. The molecule has 0 aliphatic rings. The molecule has 0 atom stereocenters. The molecule has 0 unspecified atom stereocenters. The summed E-state index contributed by atoms with van der Waals surface area (Å²) >= 11 is 0. The Morgan fingerprint density at radius 2 is 2.29 bits per heavy atom. The van der Waals surface area contributed by atoms with Crippen LogP contribution in [0.15, 0.2) is 24.4 Å². The molecule has 0 spiro atoms. The molecular weight excluding hydrogens is 176 g/mol. The largest absolute Gasteiger partial charge is 0.394 e. The van der Waals surface area contributed by atoms with Gasteiger partial charge in [0.05, 0.1) is 23.4 Å². The van der Waals surface area contributed by atoms with Gasteiger partial charge in [0.1, 0.15) is 0 Å². The summed E-state index contributed by atoms with van der Waals surface area (Å²) in [5, 5.41) is 18.2. The summed E-state index contributed by atoms with van der Waals surface area (Å²) in [4.78, 5) is 6.21. The van der Waals surface area contributed by atoms with Gasteiger partial charge in [0, 0.05) is 12.3 Å². The van der Waals surface area contributed by atoms with Crippen LogP contribution in [0.3, 0.4) is 0 Å². The van der Waals surface area contributed by atoms with Gasteiger partial charge in [-0.05, 0) is 11.6 Å². The molecule has 0 saturated carbocycles. The highest BCUT2D eigenvalue weighted by Crippen LogP contribution is 2.28. The van der Waals surface area contributed by atoms with E-state index in [1.54, 1.807) is 18.3 Å². The monoisotopic (exact) mass is 183 g/mol. The number of nitrogens with zero attached hydrogens (tertiary/aromatic N) is 3. The van der Waals surface area contributed by atoms with E-state index in [0.717, 1.165) is 16.5 Å². The zero-order valence-corrected chi connectivity index (χ0v) is 7.36. The lowest BCUT2D eigenvalue weighted by Gasteiger charge is -1.87. The number of benzene rings is 1. The second-order valence-electron chi connectivity index (χ2n) is 2.95. The Bertz CT molecular complexity index is 553. The number of nitriles is 1. The van der Waals surface area contributed by atoms with Gasteiger partial charge in [-0.3, -0.25) is 0 Å². The lowest BCUT2D eigenvalue weighted by molar-refractivity contribution is 1.28. The summed E-state index contributed by atoms with van der Waals surface area (Å²) in [6, 6.07) is 7.45. The topological polar surface area (TPSA) is 67.7 Å². The molecule has 1 heterocycles. The van der Waals surface area contributed by atoms with Gasteiger partial charge >= 0.3 is 5.69 Å². The number of aromatic nitrogens is 1. The molecular formula is C10H7N4+. The lowest BCUT2D eigenvalue weighted by Crippen LogP contribution is -1.77. The Morgan fingerprint density at radius 3 is 3.00 bits per heavy atom. The van der Waals surface area contributed by atoms with E-state index >= 15 is 0 Å². The molecule has 2 aromatic rings. The zero-order chi connectivity index (χ0) is 9.97. The smallest absolute Gasteiger partial charge is 0.361 e. The average molecular weight is 183 g/mol. The minimum atomic E-state index is 0.312. The van der Waals surface area contributed by atoms with Crippen molar-refractivity contribution in [1.29, 1.82) is 10.7 Å². The van der Waals surface area contributed by atoms with Crippen LogP contribution in [0.1, 0.15) is 5.56 Å². The number of diazo groups is 1. The number of H-pyrrole nitrogens is 1. The highest BCUT2D eigenvalue weighted by atomic mass is 14.9. The predicted molar refractivity (Wildman–Crippen MR) is 52.4 cm³/mol. The number of hydrogen-bond acceptors (Lipinski definition) is 2. The van der Waals surface area contributed by atoms with E-state index in [1.165, 1.54) is 0 Å². The third kappa shape index (κ3) is 1.10. The lowest BCUT2D eigenvalue weighted by atomic mass is 10.1. The summed E-state index contributed by atoms with van der Waals surface area (Å²) < 4.78 is 0. The fourth-order valence-electron chi connectivity index (χ4n) is 1.54. The summed E-state index contributed by atoms with van der Waals surface area (Å²) in [5.74, 6) is 0. The average Bonchev–Trinajstić information content (AvgIpc) is 2.62. The first-order valence-electron chi connectivity index (χ1n) is 4.18. The highest BCUT2D eigenvalue weighted by Gasteiger charge is 2.15. The fraction of sp³-hybridized carbons (Fsp3) is 0.100. The molecule has 0 amide bonds. The van der Waals surface area contributed by atoms with E-state index < -0.39 is 0 Å². The van der Waals surface area contributed by atoms with Gasteiger partial charge in [0.2, 0.25) is 5.39 Å². The number of aromatic amines is 1. The Labute approximate surface area is 80.4 Å². The predicted octanol–water partition coefficient (Wildman–Crippen LogP) is 2.72. The first kappa shape index (κ1) is 8.28. The van der Waals surface area contributed by atoms with Gasteiger partial charge in [-0.2, -0.15) is 5.26 Å². The van der Waals surface area contributed by atoms with E-state index in [2.05, 4.69) is 16.0 Å². The number of rotatable bonds is 1. The normalized spacial score (nSPS) is 9.57. The number of fused-ring (bicyclic) bond motifs is 1. The molecule has 0 aliphatic heterocycles. The standard InChI is InChI=1S/C10H7N4/c11-5-4-7-6-13-8-2-1-3-9(14-12)10(7)8/h1-3,6,13H,4H2/q+1. The van der Waals surface area contributed by atoms with Crippen LogP contribution in [-0.2, 0) is 6.42 Å². The van der Waals surface area contributed by atoms with Crippen LogP contribution in [0, 0.1) is 16.7 Å². The van der Waals surface area contributed by atoms with E-state index in [9.17, 15) is 0 Å². The summed E-state index contributed by atoms with van der Waals surface area (Å²) in [7, 11) is 0. The molecule has 0 saturated heterocycles. The molecule has 1 aromatic carbocycles. The molecule has 0 aliphatic carbocycles. The molecule has 2 rings (SSSR count). The third-order valence-corrected chi connectivity index (χ3v) is 2.14. The first-order chi connectivity index (χ1) is 6.86. The molecule has 14 heavy (non-hydrogen) atoms. The molecule has 66 valence electrons. The van der Waals surface area contributed by atoms with Crippen LogP contribution in [0.5, 0.6) is 0 Å². The van der Waals surface area contributed by atoms with Crippen molar-refractivity contribution in [2.45, 2.75) is 6.42 Å². The van der Waals surface area contributed by atoms with E-state index in [0.29, 0.717) is 12.1 Å². The van der Waals surface area contributed by atoms with Crippen molar-refractivity contribution in [2.75, 3.05) is 0 Å². The molecule has 1 aromatic heterocycles. The molecule has 1 N–H and O–H groups in total. The van der Waals surface area contributed by atoms with Crippen LogP contribution < -0.4 is 0 Å². The third-order valence-electron chi connectivity index (χ3n) is 2.14. The molecule has 4 heteroatoms. The van der Waals surface area contributed by atoms with Crippen molar-refractivity contribution in [3.8, 4) is 6.07 Å². The Morgan fingerprint density at radius 1 is 1.43 bits per heavy atom. The van der Waals surface area contributed by atoms with Gasteiger partial charge in [0.25, 0.3) is 0 Å². The van der Waals surface area contributed by atoms with Crippen molar-refractivity contribution >= 4 is 16.6 Å². The quantitative estimate of drug-likeness (QED) is 0.690. The Hall–Kier alpha value is -2.33. The van der Waals surface area contributed by atoms with Gasteiger partial charge in [-0.25, -0.2) is 0 Å². The van der Waals surface area contributed by atoms with E-state index in [1.807, 2.05) is 6.07 Å². The van der Waals surface area contributed by atoms with Gasteiger partial charge in [-0.15, -0.1) is 0 Å². The number of nitrogens with one attached hydrogen (secondary N) is 1. The zero-order valence-electron chi connectivity index (χ0n) is 7.36. The summed E-state index contributed by atoms with van der Waals surface area (Å²) in [6.45, 7) is 0. The second kappa shape index (κ2) is 3.20. The molecule has 4 nitrogen and oxygen atoms in total. The van der Waals surface area contributed by atoms with Crippen LogP contribution in [-0.4, -0.2) is 4.98 Å². The van der Waals surface area contributed by atoms with E-state index in [-0.39, 0.29) is 0 Å². The minimum Gasteiger partial charge on any atom is -0.361 e. The Kier molecular flexibility index (Phi) is 1.89. The second-order valence-corrected chi connectivity index (χ2v) is 2.95. The maximum absolute atomic E-state index is 8.77. The SMILES string of the molecule is N#CCc1c[nH]c2cccc([N+]#N)c12. The fourth-order valence-corrected chi connectivity index (χ4v) is 1.54. The highest BCUT2D eigenvalue weighted by molar-refractivity contribution is 5.95. The van der Waals surface area contributed by atoms with Crippen LogP contribution in [0.2, 0.25) is 0 Å². The number of hydrogen-bond donors (Lipinski definition) is 1. The van der Waals surface area contributed by atoms with Crippen molar-refractivity contribution in [3.63, 3.8) is 0 Å². The maximum Gasteiger partial charge on any atom is 0.394 e. The molecule has 0 fully saturated rings. The van der Waals surface area contributed by atoms with E-state index in [4.69, 9.17) is 10.7 Å². The van der Waals surface area contributed by atoms with Crippen molar-refractivity contribution in [3.05, 3.63) is 34.9 Å². The molecule has 0 radical (unpaired) electrons. The van der Waals surface area contributed by atoms with Crippen LogP contribution in [0.4, 0.5) is 5.69 Å². The summed E-state index contributed by atoms with van der Waals surface area (Å²) in [5.41, 5.74) is 2.23. The van der Waals surface area contributed by atoms with Crippen LogP contribution in [0.25, 0.3) is 15.9 Å². The van der Waals surface area contributed by atoms with Crippen molar-refractivity contribution < 1.29 is 0 Å². The van der Waals surface area contributed by atoms with Gasteiger partial charge in [-0.1, -0.05) is 6.07 Å². The van der Waals surface area contributed by atoms with Gasteiger partial charge in [0.15, 0.2) is 4.98 Å². The molecule has 0 bridgehead atoms. The van der Waals surface area contributed by atoms with Crippen LogP contribution >= 0.6 is 0 Å². The van der Waals surface area contributed by atoms with Crippen molar-refractivity contribution in [1.82, 2.24) is 4.98 Å². The van der Waals surface area contributed by atoms with Gasteiger partial charge < -0.3 is 4.98 Å². The Balaban J connectivity index is 2.77. The minimum absolute atomic E-state index is 0.312. The maximum atomic E-state index is 8.77. The first-order valence-corrected chi connectivity index (χ1v) is 4.18.